The van der Waals surface area contributed by atoms with Gasteiger partial charge in [-0.2, -0.15) is 0 Å². The minimum Gasteiger partial charge on any atom is -0.392 e. The van der Waals surface area contributed by atoms with Crippen LogP contribution >= 0.6 is 0 Å². The summed E-state index contributed by atoms with van der Waals surface area (Å²) >= 11 is 0. The lowest BCUT2D eigenvalue weighted by atomic mass is 9.60. The summed E-state index contributed by atoms with van der Waals surface area (Å²) in [6.45, 7) is 2.26. The fourth-order valence-electron chi connectivity index (χ4n) is 3.71. The van der Waals surface area contributed by atoms with Gasteiger partial charge >= 0.3 is 0 Å². The number of hydrogen-bond acceptors (Lipinski definition) is 1. The van der Waals surface area contributed by atoms with Crippen molar-refractivity contribution in [2.24, 2.45) is 0 Å². The van der Waals surface area contributed by atoms with Crippen LogP contribution < -0.4 is 0 Å². The van der Waals surface area contributed by atoms with Crippen molar-refractivity contribution < 1.29 is 5.11 Å². The van der Waals surface area contributed by atoms with Crippen LogP contribution in [0, 0.1) is 0 Å². The SMILES string of the molecule is CCCCCCCCCC(O)C1(c2ccccc2)CCC1. The summed E-state index contributed by atoms with van der Waals surface area (Å²) in [7, 11) is 0. The molecule has 1 nitrogen and oxygen atoms in total. The molecule has 0 aliphatic heterocycles. The highest BCUT2D eigenvalue weighted by atomic mass is 16.3. The molecular weight excluding hydrogens is 256 g/mol. The largest absolute Gasteiger partial charge is 0.392 e. The van der Waals surface area contributed by atoms with Crippen molar-refractivity contribution in [1.82, 2.24) is 0 Å². The van der Waals surface area contributed by atoms with Crippen LogP contribution in [-0.4, -0.2) is 11.2 Å². The van der Waals surface area contributed by atoms with Crippen LogP contribution in [0.1, 0.15) is 83.1 Å². The molecule has 1 atom stereocenters. The van der Waals surface area contributed by atoms with Gasteiger partial charge in [0.1, 0.15) is 0 Å². The van der Waals surface area contributed by atoms with E-state index >= 15 is 0 Å². The number of rotatable bonds is 10. The molecular formula is C20H32O. The maximum absolute atomic E-state index is 10.7. The zero-order valence-electron chi connectivity index (χ0n) is 13.7. The maximum Gasteiger partial charge on any atom is 0.0636 e. The molecule has 0 spiro atoms. The number of aliphatic hydroxyl groups excluding tert-OH is 1. The van der Waals surface area contributed by atoms with Crippen LogP contribution in [0.5, 0.6) is 0 Å². The Morgan fingerprint density at radius 1 is 0.952 bits per heavy atom. The predicted molar refractivity (Wildman–Crippen MR) is 90.6 cm³/mol. The van der Waals surface area contributed by atoms with E-state index in [2.05, 4.69) is 37.3 Å². The third-order valence-corrected chi connectivity index (χ3v) is 5.31. The molecule has 21 heavy (non-hydrogen) atoms. The van der Waals surface area contributed by atoms with E-state index in [9.17, 15) is 5.11 Å². The van der Waals surface area contributed by atoms with Gasteiger partial charge < -0.3 is 5.11 Å². The number of unbranched alkanes of at least 4 members (excludes halogenated alkanes) is 6. The first-order chi connectivity index (χ1) is 10.3. The van der Waals surface area contributed by atoms with Crippen molar-refractivity contribution in [2.45, 2.75) is 89.1 Å². The first kappa shape index (κ1) is 16.5. The molecule has 1 aliphatic rings. The van der Waals surface area contributed by atoms with E-state index in [0.29, 0.717) is 0 Å². The van der Waals surface area contributed by atoms with E-state index in [1.54, 1.807) is 0 Å². The van der Waals surface area contributed by atoms with Crippen LogP contribution in [0.3, 0.4) is 0 Å². The molecule has 0 heterocycles. The van der Waals surface area contributed by atoms with E-state index in [-0.39, 0.29) is 11.5 Å². The molecule has 0 saturated heterocycles. The second-order valence-electron chi connectivity index (χ2n) is 6.80. The van der Waals surface area contributed by atoms with E-state index in [1.807, 2.05) is 0 Å². The average Bonchev–Trinajstić information content (AvgIpc) is 2.46. The summed E-state index contributed by atoms with van der Waals surface area (Å²) in [6, 6.07) is 10.7. The Morgan fingerprint density at radius 3 is 2.14 bits per heavy atom. The maximum atomic E-state index is 10.7. The van der Waals surface area contributed by atoms with Gasteiger partial charge in [-0.25, -0.2) is 0 Å². The topological polar surface area (TPSA) is 20.2 Å². The van der Waals surface area contributed by atoms with Gasteiger partial charge in [-0.3, -0.25) is 0 Å². The molecule has 118 valence electrons. The molecule has 1 aromatic carbocycles. The highest BCUT2D eigenvalue weighted by molar-refractivity contribution is 5.29. The van der Waals surface area contributed by atoms with Crippen LogP contribution in [0.15, 0.2) is 30.3 Å². The molecule has 0 radical (unpaired) electrons. The summed E-state index contributed by atoms with van der Waals surface area (Å²) in [5, 5.41) is 10.7. The zero-order chi connectivity index (χ0) is 15.0. The highest BCUT2D eigenvalue weighted by Gasteiger charge is 2.44. The summed E-state index contributed by atoms with van der Waals surface area (Å²) in [5.41, 5.74) is 1.43. The summed E-state index contributed by atoms with van der Waals surface area (Å²) in [4.78, 5) is 0. The second kappa shape index (κ2) is 8.58. The summed E-state index contributed by atoms with van der Waals surface area (Å²) in [5.74, 6) is 0. The van der Waals surface area contributed by atoms with E-state index in [0.717, 1.165) is 19.3 Å². The van der Waals surface area contributed by atoms with Gasteiger partial charge in [0.05, 0.1) is 6.10 Å². The molecule has 0 aromatic heterocycles. The quantitative estimate of drug-likeness (QED) is 0.555. The van der Waals surface area contributed by atoms with Crippen LogP contribution in [0.25, 0.3) is 0 Å². The molecule has 2 rings (SSSR count). The lowest BCUT2D eigenvalue weighted by molar-refractivity contribution is 0.0204. The second-order valence-corrected chi connectivity index (χ2v) is 6.80. The zero-order valence-corrected chi connectivity index (χ0v) is 13.7. The fraction of sp³-hybridized carbons (Fsp3) is 0.700. The Kier molecular flexibility index (Phi) is 6.76. The Bertz CT molecular complexity index is 380. The van der Waals surface area contributed by atoms with Gasteiger partial charge in [-0.05, 0) is 24.8 Å². The van der Waals surface area contributed by atoms with Crippen molar-refractivity contribution in [1.29, 1.82) is 0 Å². The minimum absolute atomic E-state index is 0.0729. The fourth-order valence-corrected chi connectivity index (χ4v) is 3.71. The molecule has 1 N–H and O–H groups in total. The van der Waals surface area contributed by atoms with Crippen molar-refractivity contribution in [3.63, 3.8) is 0 Å². The van der Waals surface area contributed by atoms with Crippen LogP contribution in [0.2, 0.25) is 0 Å². The number of aliphatic hydroxyl groups is 1. The van der Waals surface area contributed by atoms with Crippen molar-refractivity contribution in [3.8, 4) is 0 Å². The van der Waals surface area contributed by atoms with Gasteiger partial charge in [0.25, 0.3) is 0 Å². The average molecular weight is 288 g/mol. The van der Waals surface area contributed by atoms with E-state index in [4.69, 9.17) is 0 Å². The van der Waals surface area contributed by atoms with Crippen molar-refractivity contribution >= 4 is 0 Å². The lowest BCUT2D eigenvalue weighted by Crippen LogP contribution is -2.45. The summed E-state index contributed by atoms with van der Waals surface area (Å²) < 4.78 is 0. The van der Waals surface area contributed by atoms with Crippen molar-refractivity contribution in [3.05, 3.63) is 35.9 Å². The normalized spacial score (nSPS) is 18.2. The Hall–Kier alpha value is -0.820. The van der Waals surface area contributed by atoms with E-state index < -0.39 is 0 Å². The number of benzene rings is 1. The molecule has 1 saturated carbocycles. The lowest BCUT2D eigenvalue weighted by Gasteiger charge is -2.46. The molecule has 1 aliphatic carbocycles. The van der Waals surface area contributed by atoms with Gasteiger partial charge in [0.2, 0.25) is 0 Å². The highest BCUT2D eigenvalue weighted by Crippen LogP contribution is 2.47. The molecule has 1 heteroatoms. The molecule has 1 fully saturated rings. The van der Waals surface area contributed by atoms with E-state index in [1.165, 1.54) is 56.9 Å². The third-order valence-electron chi connectivity index (χ3n) is 5.31. The third kappa shape index (κ3) is 4.32. The van der Waals surface area contributed by atoms with Gasteiger partial charge in [0, 0.05) is 5.41 Å². The monoisotopic (exact) mass is 288 g/mol. The minimum atomic E-state index is -0.149. The smallest absolute Gasteiger partial charge is 0.0636 e. The van der Waals surface area contributed by atoms with Crippen molar-refractivity contribution in [2.75, 3.05) is 0 Å². The molecule has 0 amide bonds. The van der Waals surface area contributed by atoms with Gasteiger partial charge in [-0.15, -0.1) is 0 Å². The standard InChI is InChI=1S/C20H32O/c1-2-3-4-5-6-7-11-15-19(21)20(16-12-17-20)18-13-9-8-10-14-18/h8-10,13-14,19,21H,2-7,11-12,15-17H2,1H3. The predicted octanol–water partition coefficient (Wildman–Crippen LogP) is 5.61. The Morgan fingerprint density at radius 2 is 1.57 bits per heavy atom. The summed E-state index contributed by atoms with van der Waals surface area (Å²) in [6.07, 6.45) is 13.7. The Labute approximate surface area is 130 Å². The van der Waals surface area contributed by atoms with Gasteiger partial charge in [0.15, 0.2) is 0 Å². The molecule has 0 bridgehead atoms. The van der Waals surface area contributed by atoms with Gasteiger partial charge in [-0.1, -0.05) is 88.6 Å². The first-order valence-corrected chi connectivity index (χ1v) is 9.03. The van der Waals surface area contributed by atoms with Crippen LogP contribution in [0.4, 0.5) is 0 Å². The molecule has 1 unspecified atom stereocenters. The Balaban J connectivity index is 1.73. The molecule has 1 aromatic rings. The first-order valence-electron chi connectivity index (χ1n) is 9.03. The number of hydrogen-bond donors (Lipinski definition) is 1. The van der Waals surface area contributed by atoms with Crippen LogP contribution in [-0.2, 0) is 5.41 Å².